The summed E-state index contributed by atoms with van der Waals surface area (Å²) in [7, 11) is 2.06. The van der Waals surface area contributed by atoms with Crippen LogP contribution >= 0.6 is 0 Å². The smallest absolute Gasteiger partial charge is 0.146 e. The van der Waals surface area contributed by atoms with Crippen LogP contribution in [0.5, 0.6) is 0 Å². The molecule has 0 aromatic rings. The van der Waals surface area contributed by atoms with Gasteiger partial charge in [-0.2, -0.15) is 0 Å². The van der Waals surface area contributed by atoms with E-state index in [0.29, 0.717) is 5.78 Å². The number of likely N-dealkylation sites (tertiary alicyclic amines) is 1. The molecule has 0 N–H and O–H groups in total. The van der Waals surface area contributed by atoms with E-state index in [4.69, 9.17) is 0 Å². The van der Waals surface area contributed by atoms with Crippen LogP contribution in [0.1, 0.15) is 33.1 Å². The van der Waals surface area contributed by atoms with Gasteiger partial charge in [-0.15, -0.1) is 0 Å². The molecule has 1 saturated heterocycles. The third kappa shape index (κ3) is 2.07. The fourth-order valence-corrected chi connectivity index (χ4v) is 2.20. The van der Waals surface area contributed by atoms with Gasteiger partial charge in [-0.3, -0.25) is 9.69 Å². The summed E-state index contributed by atoms with van der Waals surface area (Å²) in [5, 5.41) is 0. The SMILES string of the molecule is CCC[C@@H]1C[C@@H](C(C)=O)N(C)C1. The van der Waals surface area contributed by atoms with Gasteiger partial charge in [0.25, 0.3) is 0 Å². The molecule has 1 aliphatic rings. The maximum absolute atomic E-state index is 11.2. The van der Waals surface area contributed by atoms with Crippen LogP contribution in [0.2, 0.25) is 0 Å². The second-order valence-corrected chi connectivity index (χ2v) is 3.96. The molecule has 2 atom stereocenters. The summed E-state index contributed by atoms with van der Waals surface area (Å²) in [5.74, 6) is 1.09. The molecule has 1 heterocycles. The number of rotatable bonds is 3. The number of hydrogen-bond acceptors (Lipinski definition) is 2. The molecular formula is C10H19NO. The van der Waals surface area contributed by atoms with Crippen LogP contribution in [0.25, 0.3) is 0 Å². The fourth-order valence-electron chi connectivity index (χ4n) is 2.20. The number of nitrogens with zero attached hydrogens (tertiary/aromatic N) is 1. The minimum atomic E-state index is 0.210. The minimum Gasteiger partial charge on any atom is -0.298 e. The molecule has 2 nitrogen and oxygen atoms in total. The summed E-state index contributed by atoms with van der Waals surface area (Å²) in [6, 6.07) is 0.210. The van der Waals surface area contributed by atoms with Gasteiger partial charge in [0.15, 0.2) is 0 Å². The van der Waals surface area contributed by atoms with Gasteiger partial charge in [0.1, 0.15) is 5.78 Å². The highest BCUT2D eigenvalue weighted by molar-refractivity contribution is 5.81. The Hall–Kier alpha value is -0.370. The van der Waals surface area contributed by atoms with Crippen molar-refractivity contribution in [2.75, 3.05) is 13.6 Å². The van der Waals surface area contributed by atoms with E-state index >= 15 is 0 Å². The van der Waals surface area contributed by atoms with Crippen molar-refractivity contribution in [1.29, 1.82) is 0 Å². The van der Waals surface area contributed by atoms with Crippen LogP contribution in [0, 0.1) is 5.92 Å². The van der Waals surface area contributed by atoms with Gasteiger partial charge < -0.3 is 0 Å². The van der Waals surface area contributed by atoms with Crippen molar-refractivity contribution in [3.8, 4) is 0 Å². The lowest BCUT2D eigenvalue weighted by atomic mass is 9.99. The number of carbonyl (C=O) groups excluding carboxylic acids is 1. The van der Waals surface area contributed by atoms with Gasteiger partial charge in [0.2, 0.25) is 0 Å². The van der Waals surface area contributed by atoms with Crippen LogP contribution in [-0.4, -0.2) is 30.3 Å². The lowest BCUT2D eigenvalue weighted by Gasteiger charge is -2.14. The Morgan fingerprint density at radius 3 is 2.67 bits per heavy atom. The largest absolute Gasteiger partial charge is 0.298 e. The Bertz CT molecular complexity index is 167. The second kappa shape index (κ2) is 4.04. The lowest BCUT2D eigenvalue weighted by Crippen LogP contribution is -2.30. The summed E-state index contributed by atoms with van der Waals surface area (Å²) < 4.78 is 0. The van der Waals surface area contributed by atoms with E-state index < -0.39 is 0 Å². The highest BCUT2D eigenvalue weighted by atomic mass is 16.1. The van der Waals surface area contributed by atoms with Crippen LogP contribution in [0.3, 0.4) is 0 Å². The molecule has 2 heteroatoms. The Balaban J connectivity index is 2.44. The molecule has 1 rings (SSSR count). The van der Waals surface area contributed by atoms with Crippen LogP contribution in [-0.2, 0) is 4.79 Å². The van der Waals surface area contributed by atoms with Crippen molar-refractivity contribution in [2.45, 2.75) is 39.2 Å². The minimum absolute atomic E-state index is 0.210. The fraction of sp³-hybridized carbons (Fsp3) is 0.900. The van der Waals surface area contributed by atoms with Gasteiger partial charge in [-0.1, -0.05) is 13.3 Å². The molecule has 0 aromatic heterocycles. The first-order chi connectivity index (χ1) is 5.65. The third-order valence-corrected chi connectivity index (χ3v) is 2.80. The summed E-state index contributed by atoms with van der Waals surface area (Å²) in [6.07, 6.45) is 3.59. The van der Waals surface area contributed by atoms with E-state index in [1.807, 2.05) is 0 Å². The molecule has 70 valence electrons. The Morgan fingerprint density at radius 1 is 1.58 bits per heavy atom. The van der Waals surface area contributed by atoms with Gasteiger partial charge in [-0.25, -0.2) is 0 Å². The monoisotopic (exact) mass is 169 g/mol. The Morgan fingerprint density at radius 2 is 2.25 bits per heavy atom. The van der Waals surface area contributed by atoms with E-state index in [-0.39, 0.29) is 6.04 Å². The first-order valence-corrected chi connectivity index (χ1v) is 4.85. The lowest BCUT2D eigenvalue weighted by molar-refractivity contribution is -0.120. The molecule has 0 aromatic carbocycles. The molecule has 0 spiro atoms. The zero-order valence-electron chi connectivity index (χ0n) is 8.34. The molecule has 0 saturated carbocycles. The first kappa shape index (κ1) is 9.72. The summed E-state index contributed by atoms with van der Waals surface area (Å²) in [6.45, 7) is 5.02. The zero-order valence-corrected chi connectivity index (χ0v) is 8.34. The van der Waals surface area contributed by atoms with Crippen LogP contribution < -0.4 is 0 Å². The number of carbonyl (C=O) groups is 1. The maximum atomic E-state index is 11.2. The van der Waals surface area contributed by atoms with Crippen molar-refractivity contribution in [1.82, 2.24) is 4.90 Å². The van der Waals surface area contributed by atoms with Crippen LogP contribution in [0.4, 0.5) is 0 Å². The van der Waals surface area contributed by atoms with E-state index in [1.165, 1.54) is 12.8 Å². The van der Waals surface area contributed by atoms with Crippen molar-refractivity contribution in [3.63, 3.8) is 0 Å². The van der Waals surface area contributed by atoms with E-state index in [9.17, 15) is 4.79 Å². The maximum Gasteiger partial charge on any atom is 0.146 e. The standard InChI is InChI=1S/C10H19NO/c1-4-5-9-6-10(8(2)12)11(3)7-9/h9-10H,4-7H2,1-3H3/t9-,10+/m1/s1. The highest BCUT2D eigenvalue weighted by Gasteiger charge is 2.31. The molecule has 12 heavy (non-hydrogen) atoms. The van der Waals surface area contributed by atoms with E-state index in [1.54, 1.807) is 6.92 Å². The number of Topliss-reactive ketones (excluding diaryl/α,β-unsaturated/α-hetero) is 1. The van der Waals surface area contributed by atoms with Gasteiger partial charge in [0.05, 0.1) is 6.04 Å². The predicted octanol–water partition coefficient (Wildman–Crippen LogP) is 1.70. The topological polar surface area (TPSA) is 20.3 Å². The molecule has 0 amide bonds. The first-order valence-electron chi connectivity index (χ1n) is 4.85. The highest BCUT2D eigenvalue weighted by Crippen LogP contribution is 2.25. The molecule has 0 bridgehead atoms. The number of ketones is 1. The zero-order chi connectivity index (χ0) is 9.14. The quantitative estimate of drug-likeness (QED) is 0.641. The molecular weight excluding hydrogens is 150 g/mol. The molecule has 1 aliphatic heterocycles. The van der Waals surface area contributed by atoms with Crippen LogP contribution in [0.15, 0.2) is 0 Å². The number of likely N-dealkylation sites (N-methyl/N-ethyl adjacent to an activating group) is 1. The molecule has 1 fully saturated rings. The predicted molar refractivity (Wildman–Crippen MR) is 50.1 cm³/mol. The van der Waals surface area contributed by atoms with Gasteiger partial charge in [0, 0.05) is 6.54 Å². The Labute approximate surface area is 74.9 Å². The molecule has 0 aliphatic carbocycles. The molecule has 0 radical (unpaired) electrons. The second-order valence-electron chi connectivity index (χ2n) is 3.96. The average Bonchev–Trinajstić information content (AvgIpc) is 2.32. The van der Waals surface area contributed by atoms with Gasteiger partial charge in [-0.05, 0) is 32.7 Å². The molecule has 0 unspecified atom stereocenters. The summed E-state index contributed by atoms with van der Waals surface area (Å²) >= 11 is 0. The third-order valence-electron chi connectivity index (χ3n) is 2.80. The van der Waals surface area contributed by atoms with Gasteiger partial charge >= 0.3 is 0 Å². The van der Waals surface area contributed by atoms with Crippen molar-refractivity contribution >= 4 is 5.78 Å². The van der Waals surface area contributed by atoms with E-state index in [2.05, 4.69) is 18.9 Å². The normalized spacial score (nSPS) is 30.9. The summed E-state index contributed by atoms with van der Waals surface area (Å²) in [5.41, 5.74) is 0. The van der Waals surface area contributed by atoms with Crippen molar-refractivity contribution in [2.24, 2.45) is 5.92 Å². The van der Waals surface area contributed by atoms with Crippen molar-refractivity contribution < 1.29 is 4.79 Å². The summed E-state index contributed by atoms with van der Waals surface area (Å²) in [4.78, 5) is 13.4. The Kier molecular flexibility index (Phi) is 3.27. The van der Waals surface area contributed by atoms with Crippen molar-refractivity contribution in [3.05, 3.63) is 0 Å². The number of hydrogen-bond donors (Lipinski definition) is 0. The average molecular weight is 169 g/mol. The van der Waals surface area contributed by atoms with E-state index in [0.717, 1.165) is 18.9 Å².